The fourth-order valence-corrected chi connectivity index (χ4v) is 2.91. The van der Waals surface area contributed by atoms with E-state index in [4.69, 9.17) is 0 Å². The Morgan fingerprint density at radius 2 is 2.00 bits per heavy atom. The lowest BCUT2D eigenvalue weighted by molar-refractivity contribution is 1.29. The summed E-state index contributed by atoms with van der Waals surface area (Å²) in [6, 6.07) is 14.4. The standard InChI is InChI=1S/C14H11BrN2S/c1-18-13-5-3-2-4-10(13)14-16-11-7-6-9(15)8-12(11)17-14/h2-8H,1H3,(H,16,17). The molecule has 0 saturated carbocycles. The van der Waals surface area contributed by atoms with Crippen molar-refractivity contribution in [2.45, 2.75) is 4.90 Å². The van der Waals surface area contributed by atoms with Gasteiger partial charge in [0.25, 0.3) is 0 Å². The lowest BCUT2D eigenvalue weighted by Gasteiger charge is -2.02. The van der Waals surface area contributed by atoms with E-state index in [1.165, 1.54) is 4.90 Å². The first-order valence-corrected chi connectivity index (χ1v) is 7.58. The third-order valence-electron chi connectivity index (χ3n) is 2.81. The van der Waals surface area contributed by atoms with Crippen LogP contribution >= 0.6 is 27.7 Å². The van der Waals surface area contributed by atoms with Crippen molar-refractivity contribution >= 4 is 38.7 Å². The molecule has 0 atom stereocenters. The molecule has 0 unspecified atom stereocenters. The number of rotatable bonds is 2. The van der Waals surface area contributed by atoms with Gasteiger partial charge in [-0.05, 0) is 30.5 Å². The normalized spacial score (nSPS) is 11.0. The maximum atomic E-state index is 4.64. The molecule has 3 aromatic rings. The summed E-state index contributed by atoms with van der Waals surface area (Å²) in [4.78, 5) is 9.25. The first-order chi connectivity index (χ1) is 8.78. The average Bonchev–Trinajstić information content (AvgIpc) is 2.81. The van der Waals surface area contributed by atoms with Crippen molar-refractivity contribution in [2.24, 2.45) is 0 Å². The Labute approximate surface area is 118 Å². The first kappa shape index (κ1) is 11.8. The van der Waals surface area contributed by atoms with Crippen LogP contribution in [0.3, 0.4) is 0 Å². The number of fused-ring (bicyclic) bond motifs is 1. The number of benzene rings is 2. The van der Waals surface area contributed by atoms with Gasteiger partial charge in [-0.15, -0.1) is 11.8 Å². The first-order valence-electron chi connectivity index (χ1n) is 5.56. The van der Waals surface area contributed by atoms with E-state index in [2.05, 4.69) is 50.4 Å². The molecule has 2 aromatic carbocycles. The second-order valence-corrected chi connectivity index (χ2v) is 5.71. The van der Waals surface area contributed by atoms with Crippen LogP contribution in [-0.2, 0) is 0 Å². The Kier molecular flexibility index (Phi) is 3.14. The highest BCUT2D eigenvalue weighted by molar-refractivity contribution is 9.10. The van der Waals surface area contributed by atoms with E-state index in [1.54, 1.807) is 11.8 Å². The molecule has 0 fully saturated rings. The van der Waals surface area contributed by atoms with Gasteiger partial charge in [-0.2, -0.15) is 0 Å². The third kappa shape index (κ3) is 2.06. The number of thioether (sulfide) groups is 1. The molecule has 90 valence electrons. The van der Waals surface area contributed by atoms with Gasteiger partial charge >= 0.3 is 0 Å². The van der Waals surface area contributed by atoms with Crippen molar-refractivity contribution in [3.8, 4) is 11.4 Å². The molecule has 4 heteroatoms. The zero-order chi connectivity index (χ0) is 12.5. The van der Waals surface area contributed by atoms with Gasteiger partial charge in [0.05, 0.1) is 11.0 Å². The van der Waals surface area contributed by atoms with E-state index in [0.717, 1.165) is 26.9 Å². The number of nitrogens with one attached hydrogen (secondary N) is 1. The van der Waals surface area contributed by atoms with Crippen molar-refractivity contribution in [3.05, 3.63) is 46.9 Å². The van der Waals surface area contributed by atoms with Crippen LogP contribution < -0.4 is 0 Å². The quantitative estimate of drug-likeness (QED) is 0.693. The molecule has 0 saturated heterocycles. The van der Waals surface area contributed by atoms with Gasteiger partial charge in [-0.3, -0.25) is 0 Å². The summed E-state index contributed by atoms with van der Waals surface area (Å²) >= 11 is 5.21. The van der Waals surface area contributed by atoms with Gasteiger partial charge in [-0.1, -0.05) is 34.1 Å². The van der Waals surface area contributed by atoms with E-state index in [9.17, 15) is 0 Å². The van der Waals surface area contributed by atoms with Crippen LogP contribution in [0, 0.1) is 0 Å². The molecule has 0 bridgehead atoms. The number of H-pyrrole nitrogens is 1. The summed E-state index contributed by atoms with van der Waals surface area (Å²) < 4.78 is 1.06. The summed E-state index contributed by atoms with van der Waals surface area (Å²) in [5, 5.41) is 0. The molecule has 1 N–H and O–H groups in total. The van der Waals surface area contributed by atoms with Crippen molar-refractivity contribution in [2.75, 3.05) is 6.26 Å². The van der Waals surface area contributed by atoms with Crippen molar-refractivity contribution < 1.29 is 0 Å². The Morgan fingerprint density at radius 3 is 2.83 bits per heavy atom. The predicted molar refractivity (Wildman–Crippen MR) is 81.0 cm³/mol. The van der Waals surface area contributed by atoms with Gasteiger partial charge in [0.2, 0.25) is 0 Å². The Balaban J connectivity index is 2.19. The summed E-state index contributed by atoms with van der Waals surface area (Å²) in [6.07, 6.45) is 2.08. The largest absolute Gasteiger partial charge is 0.338 e. The molecule has 0 aliphatic carbocycles. The van der Waals surface area contributed by atoms with Crippen LogP contribution in [0.2, 0.25) is 0 Å². The lowest BCUT2D eigenvalue weighted by Crippen LogP contribution is -1.83. The van der Waals surface area contributed by atoms with E-state index in [1.807, 2.05) is 24.3 Å². The van der Waals surface area contributed by atoms with Gasteiger partial charge in [-0.25, -0.2) is 4.98 Å². The van der Waals surface area contributed by atoms with Crippen LogP contribution in [0.4, 0.5) is 0 Å². The van der Waals surface area contributed by atoms with Crippen LogP contribution in [-0.4, -0.2) is 16.2 Å². The molecule has 0 aliphatic heterocycles. The van der Waals surface area contributed by atoms with Crippen LogP contribution in [0.15, 0.2) is 51.8 Å². The van der Waals surface area contributed by atoms with Gasteiger partial charge < -0.3 is 4.98 Å². The minimum Gasteiger partial charge on any atom is -0.338 e. The van der Waals surface area contributed by atoms with Crippen molar-refractivity contribution in [3.63, 3.8) is 0 Å². The zero-order valence-corrected chi connectivity index (χ0v) is 12.2. The molecule has 1 aromatic heterocycles. The molecule has 0 amide bonds. The maximum Gasteiger partial charge on any atom is 0.139 e. The molecular weight excluding hydrogens is 308 g/mol. The van der Waals surface area contributed by atoms with Crippen molar-refractivity contribution in [1.29, 1.82) is 0 Å². The minimum atomic E-state index is 0.924. The molecule has 0 spiro atoms. The number of aromatic nitrogens is 2. The topological polar surface area (TPSA) is 28.7 Å². The number of hydrogen-bond acceptors (Lipinski definition) is 2. The molecule has 0 radical (unpaired) electrons. The highest BCUT2D eigenvalue weighted by Crippen LogP contribution is 2.30. The SMILES string of the molecule is CSc1ccccc1-c1nc2ccc(Br)cc2[nH]1. The minimum absolute atomic E-state index is 0.924. The van der Waals surface area contributed by atoms with E-state index in [-0.39, 0.29) is 0 Å². The predicted octanol–water partition coefficient (Wildman–Crippen LogP) is 4.71. The monoisotopic (exact) mass is 318 g/mol. The van der Waals surface area contributed by atoms with Gasteiger partial charge in [0.1, 0.15) is 5.82 Å². The Hall–Kier alpha value is -1.26. The zero-order valence-electron chi connectivity index (χ0n) is 9.77. The molecule has 18 heavy (non-hydrogen) atoms. The highest BCUT2D eigenvalue weighted by Gasteiger charge is 2.08. The molecule has 0 aliphatic rings. The summed E-state index contributed by atoms with van der Waals surface area (Å²) in [7, 11) is 0. The van der Waals surface area contributed by atoms with Crippen LogP contribution in [0.1, 0.15) is 0 Å². The average molecular weight is 319 g/mol. The van der Waals surface area contributed by atoms with Gasteiger partial charge in [0, 0.05) is 14.9 Å². The fourth-order valence-electron chi connectivity index (χ4n) is 1.95. The van der Waals surface area contributed by atoms with E-state index < -0.39 is 0 Å². The number of imidazole rings is 1. The smallest absolute Gasteiger partial charge is 0.139 e. The van der Waals surface area contributed by atoms with Crippen LogP contribution in [0.5, 0.6) is 0 Å². The maximum absolute atomic E-state index is 4.64. The Bertz CT molecular complexity index is 706. The number of hydrogen-bond donors (Lipinski definition) is 1. The molecule has 2 nitrogen and oxygen atoms in total. The number of nitrogens with zero attached hydrogens (tertiary/aromatic N) is 1. The molecular formula is C14H11BrN2S. The molecule has 3 rings (SSSR count). The van der Waals surface area contributed by atoms with Crippen molar-refractivity contribution in [1.82, 2.24) is 9.97 Å². The van der Waals surface area contributed by atoms with E-state index in [0.29, 0.717) is 0 Å². The third-order valence-corrected chi connectivity index (χ3v) is 4.10. The molecule has 1 heterocycles. The number of halogens is 1. The lowest BCUT2D eigenvalue weighted by atomic mass is 10.2. The summed E-state index contributed by atoms with van der Waals surface area (Å²) in [6.45, 7) is 0. The second kappa shape index (κ2) is 4.78. The van der Waals surface area contributed by atoms with Gasteiger partial charge in [0.15, 0.2) is 0 Å². The number of aromatic amines is 1. The second-order valence-electron chi connectivity index (χ2n) is 3.95. The highest BCUT2D eigenvalue weighted by atomic mass is 79.9. The Morgan fingerprint density at radius 1 is 1.17 bits per heavy atom. The summed E-state index contributed by atoms with van der Waals surface area (Å²) in [5.41, 5.74) is 3.19. The van der Waals surface area contributed by atoms with E-state index >= 15 is 0 Å². The summed E-state index contributed by atoms with van der Waals surface area (Å²) in [5.74, 6) is 0.924. The fraction of sp³-hybridized carbons (Fsp3) is 0.0714. The van der Waals surface area contributed by atoms with Crippen LogP contribution in [0.25, 0.3) is 22.4 Å².